The van der Waals surface area contributed by atoms with Gasteiger partial charge in [0.05, 0.1) is 10.8 Å². The quantitative estimate of drug-likeness (QED) is 0.868. The molecule has 0 amide bonds. The van der Waals surface area contributed by atoms with Gasteiger partial charge in [0.1, 0.15) is 0 Å². The fourth-order valence-electron chi connectivity index (χ4n) is 1.25. The summed E-state index contributed by atoms with van der Waals surface area (Å²) in [6.45, 7) is 5.13. The summed E-state index contributed by atoms with van der Waals surface area (Å²) < 4.78 is 0.899. The third kappa shape index (κ3) is 2.71. The molecule has 1 aromatic rings. The molecule has 0 aromatic carbocycles. The number of thiophene rings is 1. The van der Waals surface area contributed by atoms with Crippen LogP contribution in [-0.4, -0.2) is 16.9 Å². The second-order valence-corrected chi connectivity index (χ2v) is 5.91. The maximum Gasteiger partial charge on any atom is 0.306 e. The molecule has 2 atom stereocenters. The van der Waals surface area contributed by atoms with E-state index in [1.807, 2.05) is 6.92 Å². The van der Waals surface area contributed by atoms with Gasteiger partial charge in [-0.3, -0.25) is 9.59 Å². The van der Waals surface area contributed by atoms with E-state index in [-0.39, 0.29) is 5.78 Å². The van der Waals surface area contributed by atoms with E-state index in [0.717, 1.165) is 9.35 Å². The van der Waals surface area contributed by atoms with Gasteiger partial charge in [0, 0.05) is 15.3 Å². The molecule has 0 aliphatic rings. The lowest BCUT2D eigenvalue weighted by Gasteiger charge is -2.13. The number of carboxylic acid groups (broad SMARTS) is 1. The number of rotatable bonds is 4. The van der Waals surface area contributed by atoms with Crippen LogP contribution in [-0.2, 0) is 4.79 Å². The van der Waals surface area contributed by atoms with Crippen molar-refractivity contribution in [3.8, 4) is 0 Å². The van der Waals surface area contributed by atoms with Gasteiger partial charge in [0.15, 0.2) is 5.78 Å². The second kappa shape index (κ2) is 5.10. The lowest BCUT2D eigenvalue weighted by Crippen LogP contribution is -2.24. The topological polar surface area (TPSA) is 54.4 Å². The highest BCUT2D eigenvalue weighted by Gasteiger charge is 2.27. The van der Waals surface area contributed by atoms with Crippen molar-refractivity contribution < 1.29 is 14.7 Å². The fraction of sp³-hybridized carbons (Fsp3) is 0.455. The summed E-state index contributed by atoms with van der Waals surface area (Å²) in [6, 6.07) is 1.76. The van der Waals surface area contributed by atoms with Gasteiger partial charge >= 0.3 is 5.97 Å². The third-order valence-electron chi connectivity index (χ3n) is 2.65. The number of aryl methyl sites for hydroxylation is 1. The van der Waals surface area contributed by atoms with E-state index in [4.69, 9.17) is 5.11 Å². The monoisotopic (exact) mass is 304 g/mol. The molecule has 0 aliphatic heterocycles. The predicted octanol–water partition coefficient (Wildman–Crippen LogP) is 3.36. The van der Waals surface area contributed by atoms with E-state index in [1.165, 1.54) is 11.3 Å². The first-order valence-electron chi connectivity index (χ1n) is 4.87. The number of hydrogen-bond donors (Lipinski definition) is 1. The van der Waals surface area contributed by atoms with Crippen LogP contribution in [0.15, 0.2) is 10.5 Å². The zero-order valence-electron chi connectivity index (χ0n) is 9.28. The van der Waals surface area contributed by atoms with Crippen molar-refractivity contribution in [1.82, 2.24) is 0 Å². The summed E-state index contributed by atoms with van der Waals surface area (Å²) in [5.41, 5.74) is 0. The molecule has 1 heterocycles. The van der Waals surface area contributed by atoms with Gasteiger partial charge < -0.3 is 5.11 Å². The second-order valence-electron chi connectivity index (χ2n) is 3.79. The Morgan fingerprint density at radius 3 is 2.31 bits per heavy atom. The Balaban J connectivity index is 2.90. The molecule has 0 saturated heterocycles. The summed E-state index contributed by atoms with van der Waals surface area (Å²) in [5.74, 6) is -2.20. The molecular weight excluding hydrogens is 292 g/mol. The lowest BCUT2D eigenvalue weighted by molar-refractivity contribution is -0.142. The van der Waals surface area contributed by atoms with Crippen molar-refractivity contribution in [2.45, 2.75) is 20.8 Å². The van der Waals surface area contributed by atoms with Crippen molar-refractivity contribution in [3.63, 3.8) is 0 Å². The number of carboxylic acids is 1. The van der Waals surface area contributed by atoms with Crippen LogP contribution in [0.2, 0.25) is 0 Å². The van der Waals surface area contributed by atoms with E-state index in [1.54, 1.807) is 19.9 Å². The van der Waals surface area contributed by atoms with E-state index in [0.29, 0.717) is 4.88 Å². The molecule has 88 valence electrons. The first-order chi connectivity index (χ1) is 7.34. The average molecular weight is 305 g/mol. The molecule has 1 rings (SSSR count). The molecule has 3 nitrogen and oxygen atoms in total. The maximum atomic E-state index is 12.0. The molecule has 1 aromatic heterocycles. The number of aliphatic carboxylic acids is 1. The zero-order valence-corrected chi connectivity index (χ0v) is 11.7. The first kappa shape index (κ1) is 13.4. The molecule has 0 bridgehead atoms. The van der Waals surface area contributed by atoms with Crippen LogP contribution < -0.4 is 0 Å². The summed E-state index contributed by atoms with van der Waals surface area (Å²) >= 11 is 4.73. The van der Waals surface area contributed by atoms with Crippen LogP contribution in [0.4, 0.5) is 0 Å². The number of ketones is 1. The van der Waals surface area contributed by atoms with Crippen molar-refractivity contribution in [3.05, 3.63) is 20.3 Å². The van der Waals surface area contributed by atoms with Gasteiger partial charge in [-0.15, -0.1) is 11.3 Å². The lowest BCUT2D eigenvalue weighted by atomic mass is 9.91. The fourth-order valence-corrected chi connectivity index (χ4v) is 2.82. The minimum atomic E-state index is -0.937. The normalized spacial score (nSPS) is 14.5. The molecule has 0 saturated carbocycles. The molecule has 0 aliphatic carbocycles. The highest BCUT2D eigenvalue weighted by molar-refractivity contribution is 9.10. The van der Waals surface area contributed by atoms with Crippen LogP contribution in [0.5, 0.6) is 0 Å². The number of carbonyl (C=O) groups excluding carboxylic acids is 1. The van der Waals surface area contributed by atoms with Gasteiger partial charge in [0.25, 0.3) is 0 Å². The van der Waals surface area contributed by atoms with E-state index >= 15 is 0 Å². The van der Waals surface area contributed by atoms with E-state index < -0.39 is 17.8 Å². The van der Waals surface area contributed by atoms with Crippen molar-refractivity contribution in [1.29, 1.82) is 0 Å². The van der Waals surface area contributed by atoms with Crippen molar-refractivity contribution in [2.75, 3.05) is 0 Å². The van der Waals surface area contributed by atoms with E-state index in [2.05, 4.69) is 15.9 Å². The Labute approximate surface area is 107 Å². The molecule has 0 fully saturated rings. The number of halogens is 1. The summed E-state index contributed by atoms with van der Waals surface area (Å²) in [4.78, 5) is 24.4. The van der Waals surface area contributed by atoms with Crippen LogP contribution in [0, 0.1) is 18.8 Å². The third-order valence-corrected chi connectivity index (χ3v) is 4.80. The number of hydrogen-bond acceptors (Lipinski definition) is 3. The molecule has 2 unspecified atom stereocenters. The predicted molar refractivity (Wildman–Crippen MR) is 67.1 cm³/mol. The zero-order chi connectivity index (χ0) is 12.5. The Kier molecular flexibility index (Phi) is 4.27. The molecule has 0 radical (unpaired) electrons. The SMILES string of the molecule is Cc1sc(C(=O)C(C)C(C)C(=O)O)cc1Br. The summed E-state index contributed by atoms with van der Waals surface area (Å²) in [6.07, 6.45) is 0. The molecule has 1 N–H and O–H groups in total. The number of Topliss-reactive ketones (excluding diaryl/α,β-unsaturated/α-hetero) is 1. The average Bonchev–Trinajstić information content (AvgIpc) is 2.55. The van der Waals surface area contributed by atoms with Gasteiger partial charge in [-0.05, 0) is 28.9 Å². The summed E-state index contributed by atoms with van der Waals surface area (Å²) in [5, 5.41) is 8.85. The molecule has 16 heavy (non-hydrogen) atoms. The molecule has 0 spiro atoms. The van der Waals surface area contributed by atoms with Crippen LogP contribution in [0.3, 0.4) is 0 Å². The van der Waals surface area contributed by atoms with Gasteiger partial charge in [-0.2, -0.15) is 0 Å². The number of carbonyl (C=O) groups is 2. The highest BCUT2D eigenvalue weighted by Crippen LogP contribution is 2.29. The van der Waals surface area contributed by atoms with Gasteiger partial charge in [-0.25, -0.2) is 0 Å². The van der Waals surface area contributed by atoms with Crippen LogP contribution >= 0.6 is 27.3 Å². The molecular formula is C11H13BrO3S. The maximum absolute atomic E-state index is 12.0. The van der Waals surface area contributed by atoms with E-state index in [9.17, 15) is 9.59 Å². The van der Waals surface area contributed by atoms with Crippen LogP contribution in [0.25, 0.3) is 0 Å². The van der Waals surface area contributed by atoms with Crippen LogP contribution in [0.1, 0.15) is 28.4 Å². The minimum Gasteiger partial charge on any atom is -0.481 e. The van der Waals surface area contributed by atoms with Crippen molar-refractivity contribution in [2.24, 2.45) is 11.8 Å². The first-order valence-corrected chi connectivity index (χ1v) is 6.48. The highest BCUT2D eigenvalue weighted by atomic mass is 79.9. The Morgan fingerprint density at radius 1 is 1.38 bits per heavy atom. The standard InChI is InChI=1S/C11H13BrO3S/c1-5(6(2)11(14)15)10(13)9-4-8(12)7(3)16-9/h4-6H,1-3H3,(H,14,15). The Morgan fingerprint density at radius 2 is 1.94 bits per heavy atom. The smallest absolute Gasteiger partial charge is 0.306 e. The van der Waals surface area contributed by atoms with Gasteiger partial charge in [-0.1, -0.05) is 13.8 Å². The van der Waals surface area contributed by atoms with Gasteiger partial charge in [0.2, 0.25) is 0 Å². The van der Waals surface area contributed by atoms with Crippen molar-refractivity contribution >= 4 is 39.0 Å². The largest absolute Gasteiger partial charge is 0.481 e. The molecule has 5 heteroatoms. The summed E-state index contributed by atoms with van der Waals surface area (Å²) in [7, 11) is 0. The Hall–Kier alpha value is -0.680. The Bertz CT molecular complexity index is 405. The minimum absolute atomic E-state index is 0.103.